The minimum absolute atomic E-state index is 0.112. The molecule has 0 radical (unpaired) electrons. The van der Waals surface area contributed by atoms with E-state index in [2.05, 4.69) is 0 Å². The average Bonchev–Trinajstić information content (AvgIpc) is 3.31. The van der Waals surface area contributed by atoms with Gasteiger partial charge in [0, 0.05) is 28.4 Å². The SMILES string of the molecule is O=C(c1ccc(Cl)cc1)N1CCSC12C(=O)N(Cc1cccc(F)c1)c1ccc(F)cc12. The van der Waals surface area contributed by atoms with Crippen LogP contribution >= 0.6 is 23.4 Å². The molecule has 1 spiro atoms. The minimum atomic E-state index is -1.37. The first kappa shape index (κ1) is 21.0. The van der Waals surface area contributed by atoms with Crippen molar-refractivity contribution < 1.29 is 18.4 Å². The Labute approximate surface area is 192 Å². The monoisotopic (exact) mass is 470 g/mol. The number of carbonyl (C=O) groups is 2. The third-order valence-electron chi connectivity index (χ3n) is 5.72. The molecule has 2 heterocycles. The van der Waals surface area contributed by atoms with Gasteiger partial charge in [-0.1, -0.05) is 23.7 Å². The van der Waals surface area contributed by atoms with Crippen molar-refractivity contribution in [2.45, 2.75) is 11.4 Å². The number of anilines is 1. The van der Waals surface area contributed by atoms with Gasteiger partial charge in [0.1, 0.15) is 11.6 Å². The predicted octanol–water partition coefficient (Wildman–Crippen LogP) is 5.21. The standard InChI is InChI=1S/C24H17ClF2N2O2S/c25-17-6-4-16(5-7-17)22(30)29-10-11-32-24(29)20-13-19(27)8-9-21(20)28(23(24)31)14-15-2-1-3-18(26)12-15/h1-9,12-13H,10-11,14H2. The molecule has 3 aromatic carbocycles. The zero-order valence-electron chi connectivity index (χ0n) is 16.7. The van der Waals surface area contributed by atoms with Gasteiger partial charge >= 0.3 is 0 Å². The molecule has 162 valence electrons. The number of rotatable bonds is 3. The zero-order chi connectivity index (χ0) is 22.5. The molecule has 1 unspecified atom stereocenters. The van der Waals surface area contributed by atoms with Crippen LogP contribution in [0.5, 0.6) is 0 Å². The van der Waals surface area contributed by atoms with Gasteiger partial charge in [-0.05, 0) is 60.2 Å². The lowest BCUT2D eigenvalue weighted by atomic mass is 10.0. The second-order valence-electron chi connectivity index (χ2n) is 7.64. The molecule has 3 aromatic rings. The van der Waals surface area contributed by atoms with Crippen LogP contribution in [-0.4, -0.2) is 29.0 Å². The summed E-state index contributed by atoms with van der Waals surface area (Å²) in [6, 6.07) is 16.6. The fourth-order valence-corrected chi connectivity index (χ4v) is 5.89. The van der Waals surface area contributed by atoms with Crippen LogP contribution in [0.15, 0.2) is 66.7 Å². The van der Waals surface area contributed by atoms with Crippen molar-refractivity contribution in [3.63, 3.8) is 0 Å². The Balaban J connectivity index is 1.59. The summed E-state index contributed by atoms with van der Waals surface area (Å²) in [7, 11) is 0. The molecule has 2 amide bonds. The molecule has 0 N–H and O–H groups in total. The largest absolute Gasteiger partial charge is 0.311 e. The Morgan fingerprint density at radius 1 is 1.03 bits per heavy atom. The third-order valence-corrected chi connectivity index (χ3v) is 7.39. The van der Waals surface area contributed by atoms with Crippen molar-refractivity contribution in [3.05, 3.63) is 100 Å². The maximum Gasteiger partial charge on any atom is 0.268 e. The van der Waals surface area contributed by atoms with E-state index in [0.29, 0.717) is 39.7 Å². The topological polar surface area (TPSA) is 40.6 Å². The molecule has 0 bridgehead atoms. The molecule has 1 fully saturated rings. The first-order chi connectivity index (χ1) is 15.4. The van der Waals surface area contributed by atoms with Gasteiger partial charge in [-0.2, -0.15) is 0 Å². The van der Waals surface area contributed by atoms with Gasteiger partial charge in [0.05, 0.1) is 12.2 Å². The molecule has 0 aromatic heterocycles. The summed E-state index contributed by atoms with van der Waals surface area (Å²) in [4.78, 5) is 28.9. The van der Waals surface area contributed by atoms with Gasteiger partial charge < -0.3 is 9.80 Å². The Kier molecular flexibility index (Phi) is 5.18. The van der Waals surface area contributed by atoms with E-state index in [-0.39, 0.29) is 18.4 Å². The number of halogens is 3. The van der Waals surface area contributed by atoms with E-state index in [0.717, 1.165) is 0 Å². The van der Waals surface area contributed by atoms with Gasteiger partial charge in [0.25, 0.3) is 11.8 Å². The van der Waals surface area contributed by atoms with Gasteiger partial charge in [0.15, 0.2) is 4.87 Å². The molecule has 5 rings (SSSR count). The number of benzene rings is 3. The maximum absolute atomic E-state index is 14.3. The molecule has 0 aliphatic carbocycles. The number of amides is 2. The van der Waals surface area contributed by atoms with Crippen LogP contribution in [0.1, 0.15) is 21.5 Å². The van der Waals surface area contributed by atoms with Crippen LogP contribution in [0, 0.1) is 11.6 Å². The number of hydrogen-bond acceptors (Lipinski definition) is 3. The van der Waals surface area contributed by atoms with E-state index in [9.17, 15) is 18.4 Å². The van der Waals surface area contributed by atoms with Gasteiger partial charge in [-0.25, -0.2) is 8.78 Å². The number of nitrogens with zero attached hydrogens (tertiary/aromatic N) is 2. The van der Waals surface area contributed by atoms with Crippen molar-refractivity contribution in [2.75, 3.05) is 17.2 Å². The highest BCUT2D eigenvalue weighted by molar-refractivity contribution is 8.01. The molecule has 2 aliphatic rings. The van der Waals surface area contributed by atoms with E-state index < -0.39 is 16.5 Å². The summed E-state index contributed by atoms with van der Waals surface area (Å²) in [6.07, 6.45) is 0. The molecule has 1 saturated heterocycles. The molecular formula is C24H17ClF2N2O2S. The van der Waals surface area contributed by atoms with Crippen LogP contribution in [0.25, 0.3) is 0 Å². The average molecular weight is 471 g/mol. The fraction of sp³-hybridized carbons (Fsp3) is 0.167. The maximum atomic E-state index is 14.3. The Morgan fingerprint density at radius 3 is 2.53 bits per heavy atom. The fourth-order valence-electron chi connectivity index (χ4n) is 4.31. The zero-order valence-corrected chi connectivity index (χ0v) is 18.3. The van der Waals surface area contributed by atoms with Crippen LogP contribution in [0.4, 0.5) is 14.5 Å². The van der Waals surface area contributed by atoms with Crippen molar-refractivity contribution >= 4 is 40.9 Å². The summed E-state index contributed by atoms with van der Waals surface area (Å²) in [6.45, 7) is 0.447. The van der Waals surface area contributed by atoms with Gasteiger partial charge in [-0.3, -0.25) is 9.59 Å². The van der Waals surface area contributed by atoms with Gasteiger partial charge in [-0.15, -0.1) is 11.8 Å². The smallest absolute Gasteiger partial charge is 0.268 e. The molecule has 1 atom stereocenters. The van der Waals surface area contributed by atoms with E-state index in [1.54, 1.807) is 42.5 Å². The molecule has 2 aliphatic heterocycles. The lowest BCUT2D eigenvalue weighted by Crippen LogP contribution is -2.50. The predicted molar refractivity (Wildman–Crippen MR) is 121 cm³/mol. The summed E-state index contributed by atoms with van der Waals surface area (Å²) in [5, 5.41) is 0.498. The number of carbonyl (C=O) groups excluding carboxylic acids is 2. The molecule has 0 saturated carbocycles. The second kappa shape index (κ2) is 7.90. The van der Waals surface area contributed by atoms with Crippen LogP contribution in [0.2, 0.25) is 5.02 Å². The Morgan fingerprint density at radius 2 is 1.78 bits per heavy atom. The molecule has 32 heavy (non-hydrogen) atoms. The normalized spacial score (nSPS) is 19.7. The summed E-state index contributed by atoms with van der Waals surface area (Å²) >= 11 is 7.26. The molecule has 4 nitrogen and oxygen atoms in total. The highest BCUT2D eigenvalue weighted by Crippen LogP contribution is 2.54. The van der Waals surface area contributed by atoms with Crippen molar-refractivity contribution in [3.8, 4) is 0 Å². The van der Waals surface area contributed by atoms with Crippen LogP contribution in [-0.2, 0) is 16.2 Å². The van der Waals surface area contributed by atoms with Crippen molar-refractivity contribution in [1.29, 1.82) is 0 Å². The Hall–Kier alpha value is -2.90. The third kappa shape index (κ3) is 3.27. The summed E-state index contributed by atoms with van der Waals surface area (Å²) in [5.41, 5.74) is 1.95. The Bertz CT molecular complexity index is 1240. The van der Waals surface area contributed by atoms with Crippen molar-refractivity contribution in [1.82, 2.24) is 4.90 Å². The number of fused-ring (bicyclic) bond motifs is 2. The minimum Gasteiger partial charge on any atom is -0.311 e. The van der Waals surface area contributed by atoms with E-state index in [1.165, 1.54) is 45.8 Å². The van der Waals surface area contributed by atoms with Gasteiger partial charge in [0.2, 0.25) is 0 Å². The summed E-state index contributed by atoms with van der Waals surface area (Å²) in [5.74, 6) is -1.04. The van der Waals surface area contributed by atoms with Crippen molar-refractivity contribution in [2.24, 2.45) is 0 Å². The van der Waals surface area contributed by atoms with Crippen LogP contribution in [0.3, 0.4) is 0 Å². The number of hydrogen-bond donors (Lipinski definition) is 0. The van der Waals surface area contributed by atoms with Crippen LogP contribution < -0.4 is 4.90 Å². The quantitative estimate of drug-likeness (QED) is 0.528. The van der Waals surface area contributed by atoms with E-state index >= 15 is 0 Å². The molecule has 8 heteroatoms. The lowest BCUT2D eigenvalue weighted by molar-refractivity contribution is -0.123. The van der Waals surface area contributed by atoms with E-state index in [1.807, 2.05) is 0 Å². The lowest BCUT2D eigenvalue weighted by Gasteiger charge is -2.33. The number of thioether (sulfide) groups is 1. The first-order valence-electron chi connectivity index (χ1n) is 9.98. The molecular weight excluding hydrogens is 454 g/mol. The highest BCUT2D eigenvalue weighted by atomic mass is 35.5. The van der Waals surface area contributed by atoms with E-state index in [4.69, 9.17) is 11.6 Å². The highest BCUT2D eigenvalue weighted by Gasteiger charge is 2.59. The summed E-state index contributed by atoms with van der Waals surface area (Å²) < 4.78 is 28.1. The first-order valence-corrected chi connectivity index (χ1v) is 11.3. The second-order valence-corrected chi connectivity index (χ2v) is 9.36.